The highest BCUT2D eigenvalue weighted by molar-refractivity contribution is 5.85. The molecule has 0 saturated heterocycles. The van der Waals surface area contributed by atoms with Crippen molar-refractivity contribution in [3.05, 3.63) is 53.4 Å². The van der Waals surface area contributed by atoms with Crippen LogP contribution < -0.4 is 4.74 Å². The van der Waals surface area contributed by atoms with Gasteiger partial charge in [-0.3, -0.25) is 0 Å². The molecule has 0 saturated carbocycles. The highest BCUT2D eigenvalue weighted by Crippen LogP contribution is 2.20. The highest BCUT2D eigenvalue weighted by Gasteiger charge is 2.02. The van der Waals surface area contributed by atoms with Crippen molar-refractivity contribution < 1.29 is 14.6 Å². The topological polar surface area (TPSA) is 72.3 Å². The number of rotatable bonds is 4. The summed E-state index contributed by atoms with van der Waals surface area (Å²) < 4.78 is 5.53. The normalized spacial score (nSPS) is 10.7. The first-order valence-corrected chi connectivity index (χ1v) is 6.03. The van der Waals surface area contributed by atoms with Crippen LogP contribution in [0.1, 0.15) is 16.7 Å². The Morgan fingerprint density at radius 1 is 1.20 bits per heavy atom. The van der Waals surface area contributed by atoms with Crippen LogP contribution in [-0.4, -0.2) is 21.0 Å². The Labute approximate surface area is 116 Å². The van der Waals surface area contributed by atoms with E-state index in [0.29, 0.717) is 11.3 Å². The van der Waals surface area contributed by atoms with E-state index >= 15 is 0 Å². The fraction of sp³-hybridized carbons (Fsp3) is 0.133. The molecule has 0 fully saturated rings. The van der Waals surface area contributed by atoms with Gasteiger partial charge >= 0.3 is 12.0 Å². The SMILES string of the molecule is Cc1ccc(Oc2ncc(/C=C/C(=O)O)cn2)cc1C. The summed E-state index contributed by atoms with van der Waals surface area (Å²) in [4.78, 5) is 18.4. The minimum Gasteiger partial charge on any atom is -0.478 e. The second kappa shape index (κ2) is 5.97. The van der Waals surface area contributed by atoms with Gasteiger partial charge in [0.15, 0.2) is 0 Å². The number of hydrogen-bond donors (Lipinski definition) is 1. The van der Waals surface area contributed by atoms with Crippen LogP contribution in [0.4, 0.5) is 0 Å². The lowest BCUT2D eigenvalue weighted by Crippen LogP contribution is -1.93. The molecular formula is C15H14N2O3. The van der Waals surface area contributed by atoms with Gasteiger partial charge < -0.3 is 9.84 Å². The number of aryl methyl sites for hydroxylation is 2. The second-order valence-corrected chi connectivity index (χ2v) is 4.32. The van der Waals surface area contributed by atoms with E-state index in [4.69, 9.17) is 9.84 Å². The maximum atomic E-state index is 10.4. The van der Waals surface area contributed by atoms with Gasteiger partial charge in [-0.1, -0.05) is 6.07 Å². The average molecular weight is 270 g/mol. The van der Waals surface area contributed by atoms with Gasteiger partial charge in [-0.15, -0.1) is 0 Å². The number of carboxylic acid groups (broad SMARTS) is 1. The second-order valence-electron chi connectivity index (χ2n) is 4.32. The van der Waals surface area contributed by atoms with Gasteiger partial charge in [0.2, 0.25) is 0 Å². The van der Waals surface area contributed by atoms with Gasteiger partial charge in [0.1, 0.15) is 5.75 Å². The van der Waals surface area contributed by atoms with Crippen molar-refractivity contribution in [2.45, 2.75) is 13.8 Å². The van der Waals surface area contributed by atoms with Crippen LogP contribution in [0.3, 0.4) is 0 Å². The minimum atomic E-state index is -1.01. The van der Waals surface area contributed by atoms with E-state index in [0.717, 1.165) is 11.6 Å². The Morgan fingerprint density at radius 3 is 2.50 bits per heavy atom. The van der Waals surface area contributed by atoms with Gasteiger partial charge in [-0.2, -0.15) is 0 Å². The van der Waals surface area contributed by atoms with Gasteiger partial charge in [0.05, 0.1) is 0 Å². The molecule has 0 radical (unpaired) electrons. The van der Waals surface area contributed by atoms with Gasteiger partial charge in [0.25, 0.3) is 0 Å². The Morgan fingerprint density at radius 2 is 1.90 bits per heavy atom. The summed E-state index contributed by atoms with van der Waals surface area (Å²) in [5.41, 5.74) is 2.91. The molecule has 0 aliphatic rings. The molecule has 102 valence electrons. The molecular weight excluding hydrogens is 256 g/mol. The van der Waals surface area contributed by atoms with Crippen molar-refractivity contribution in [2.75, 3.05) is 0 Å². The van der Waals surface area contributed by atoms with E-state index < -0.39 is 5.97 Å². The summed E-state index contributed by atoms with van der Waals surface area (Å²) in [5.74, 6) is -0.345. The molecule has 1 aromatic carbocycles. The van der Waals surface area contributed by atoms with Crippen LogP contribution >= 0.6 is 0 Å². The lowest BCUT2D eigenvalue weighted by atomic mass is 10.1. The molecule has 5 heteroatoms. The maximum absolute atomic E-state index is 10.4. The molecule has 0 spiro atoms. The summed E-state index contributed by atoms with van der Waals surface area (Å²) >= 11 is 0. The molecule has 0 amide bonds. The number of hydrogen-bond acceptors (Lipinski definition) is 4. The third-order valence-electron chi connectivity index (χ3n) is 2.75. The van der Waals surface area contributed by atoms with E-state index in [9.17, 15) is 4.79 Å². The average Bonchev–Trinajstić information content (AvgIpc) is 2.42. The summed E-state index contributed by atoms with van der Waals surface area (Å²) in [7, 11) is 0. The van der Waals surface area contributed by atoms with Gasteiger partial charge in [-0.05, 0) is 43.2 Å². The quantitative estimate of drug-likeness (QED) is 0.865. The minimum absolute atomic E-state index is 0.223. The molecule has 1 aromatic heterocycles. The number of nitrogens with zero attached hydrogens (tertiary/aromatic N) is 2. The van der Waals surface area contributed by atoms with Crippen molar-refractivity contribution in [2.24, 2.45) is 0 Å². The van der Waals surface area contributed by atoms with E-state index in [-0.39, 0.29) is 6.01 Å². The number of aromatic nitrogens is 2. The third-order valence-corrected chi connectivity index (χ3v) is 2.75. The van der Waals surface area contributed by atoms with E-state index in [1.807, 2.05) is 32.0 Å². The van der Waals surface area contributed by atoms with Crippen molar-refractivity contribution in [1.29, 1.82) is 0 Å². The standard InChI is InChI=1S/C15H14N2O3/c1-10-3-5-13(7-11(10)2)20-15-16-8-12(9-17-15)4-6-14(18)19/h3-9H,1-2H3,(H,18,19)/b6-4+. The van der Waals surface area contributed by atoms with Crippen LogP contribution in [0.5, 0.6) is 11.8 Å². The lowest BCUT2D eigenvalue weighted by molar-refractivity contribution is -0.131. The molecule has 0 bridgehead atoms. The smallest absolute Gasteiger partial charge is 0.328 e. The van der Waals surface area contributed by atoms with Crippen molar-refractivity contribution in [3.8, 4) is 11.8 Å². The number of carbonyl (C=O) groups is 1. The summed E-state index contributed by atoms with van der Waals surface area (Å²) in [6, 6.07) is 5.95. The summed E-state index contributed by atoms with van der Waals surface area (Å²) in [5, 5.41) is 8.52. The van der Waals surface area contributed by atoms with E-state index in [1.54, 1.807) is 0 Å². The molecule has 2 aromatic rings. The van der Waals surface area contributed by atoms with Crippen LogP contribution in [0.2, 0.25) is 0 Å². The molecule has 0 unspecified atom stereocenters. The molecule has 5 nitrogen and oxygen atoms in total. The number of aliphatic carboxylic acids is 1. The molecule has 2 rings (SSSR count). The van der Waals surface area contributed by atoms with Crippen LogP contribution in [0.25, 0.3) is 6.08 Å². The zero-order chi connectivity index (χ0) is 14.5. The fourth-order valence-corrected chi connectivity index (χ4v) is 1.52. The Kier molecular flexibility index (Phi) is 4.10. The first-order chi connectivity index (χ1) is 9.54. The predicted molar refractivity (Wildman–Crippen MR) is 74.7 cm³/mol. The van der Waals surface area contributed by atoms with Gasteiger partial charge in [0, 0.05) is 24.0 Å². The predicted octanol–water partition coefficient (Wildman–Crippen LogP) is 2.98. The highest BCUT2D eigenvalue weighted by atomic mass is 16.5. The molecule has 0 aliphatic carbocycles. The molecule has 0 aliphatic heterocycles. The Bertz CT molecular complexity index is 649. The molecule has 20 heavy (non-hydrogen) atoms. The van der Waals surface area contributed by atoms with Crippen LogP contribution in [0.15, 0.2) is 36.7 Å². The monoisotopic (exact) mass is 270 g/mol. The maximum Gasteiger partial charge on any atom is 0.328 e. The zero-order valence-electron chi connectivity index (χ0n) is 11.2. The lowest BCUT2D eigenvalue weighted by Gasteiger charge is -2.06. The summed E-state index contributed by atoms with van der Waals surface area (Å²) in [6.07, 6.45) is 5.45. The number of ether oxygens (including phenoxy) is 1. The van der Waals surface area contributed by atoms with E-state index in [2.05, 4.69) is 9.97 Å². The molecule has 1 heterocycles. The number of benzene rings is 1. The molecule has 1 N–H and O–H groups in total. The summed E-state index contributed by atoms with van der Waals surface area (Å²) in [6.45, 7) is 4.03. The Hall–Kier alpha value is -2.69. The largest absolute Gasteiger partial charge is 0.478 e. The first-order valence-electron chi connectivity index (χ1n) is 6.03. The Balaban J connectivity index is 2.10. The third kappa shape index (κ3) is 3.65. The van der Waals surface area contributed by atoms with Gasteiger partial charge in [-0.25, -0.2) is 14.8 Å². The van der Waals surface area contributed by atoms with Crippen molar-refractivity contribution in [1.82, 2.24) is 9.97 Å². The van der Waals surface area contributed by atoms with E-state index in [1.165, 1.54) is 24.0 Å². The molecule has 0 atom stereocenters. The zero-order valence-corrected chi connectivity index (χ0v) is 11.2. The van der Waals surface area contributed by atoms with Crippen LogP contribution in [0, 0.1) is 13.8 Å². The van der Waals surface area contributed by atoms with Crippen LogP contribution in [-0.2, 0) is 4.79 Å². The van der Waals surface area contributed by atoms with Crippen molar-refractivity contribution in [3.63, 3.8) is 0 Å². The van der Waals surface area contributed by atoms with Crippen molar-refractivity contribution >= 4 is 12.0 Å². The fourth-order valence-electron chi connectivity index (χ4n) is 1.52. The first kappa shape index (κ1) is 13.7. The number of carboxylic acids is 1.